The summed E-state index contributed by atoms with van der Waals surface area (Å²) in [5.41, 5.74) is 4.71. The average molecular weight is 295 g/mol. The molecule has 0 unspecified atom stereocenters. The zero-order valence-electron chi connectivity index (χ0n) is 12.9. The Labute approximate surface area is 128 Å². The SMILES string of the molecule is C=C(c1c[nH]c2ncc(-c3cccc(F)c3)nc12)C(C)(C)C. The minimum absolute atomic E-state index is 0.0638. The van der Waals surface area contributed by atoms with Gasteiger partial charge >= 0.3 is 0 Å². The van der Waals surface area contributed by atoms with Crippen molar-refractivity contribution in [2.45, 2.75) is 20.8 Å². The molecule has 0 atom stereocenters. The Hall–Kier alpha value is -2.49. The molecule has 2 aromatic heterocycles. The predicted molar refractivity (Wildman–Crippen MR) is 87.8 cm³/mol. The van der Waals surface area contributed by atoms with Crippen molar-refractivity contribution in [2.24, 2.45) is 5.41 Å². The van der Waals surface area contributed by atoms with Gasteiger partial charge in [-0.1, -0.05) is 39.5 Å². The maximum atomic E-state index is 13.4. The molecular weight excluding hydrogens is 277 g/mol. The summed E-state index contributed by atoms with van der Waals surface area (Å²) in [4.78, 5) is 12.2. The highest BCUT2D eigenvalue weighted by Crippen LogP contribution is 2.35. The lowest BCUT2D eigenvalue weighted by molar-refractivity contribution is 0.568. The van der Waals surface area contributed by atoms with Gasteiger partial charge in [0.1, 0.15) is 11.3 Å². The molecule has 0 saturated heterocycles. The van der Waals surface area contributed by atoms with Crippen molar-refractivity contribution in [1.82, 2.24) is 15.0 Å². The number of hydrogen-bond donors (Lipinski definition) is 1. The van der Waals surface area contributed by atoms with Gasteiger partial charge in [0.05, 0.1) is 11.9 Å². The maximum absolute atomic E-state index is 13.4. The van der Waals surface area contributed by atoms with Crippen molar-refractivity contribution < 1.29 is 4.39 Å². The minimum Gasteiger partial charge on any atom is -0.344 e. The average Bonchev–Trinajstić information content (AvgIpc) is 2.88. The molecule has 1 aromatic carbocycles. The quantitative estimate of drug-likeness (QED) is 0.736. The topological polar surface area (TPSA) is 41.6 Å². The number of nitrogens with one attached hydrogen (secondary N) is 1. The molecule has 22 heavy (non-hydrogen) atoms. The van der Waals surface area contributed by atoms with Crippen molar-refractivity contribution in [1.29, 1.82) is 0 Å². The van der Waals surface area contributed by atoms with Crippen LogP contribution in [-0.4, -0.2) is 15.0 Å². The molecule has 3 rings (SSSR count). The van der Waals surface area contributed by atoms with Gasteiger partial charge in [0.15, 0.2) is 5.65 Å². The van der Waals surface area contributed by atoms with Gasteiger partial charge in [-0.15, -0.1) is 0 Å². The molecule has 0 amide bonds. The van der Waals surface area contributed by atoms with Crippen LogP contribution >= 0.6 is 0 Å². The molecule has 0 aliphatic carbocycles. The molecule has 0 bridgehead atoms. The zero-order valence-corrected chi connectivity index (χ0v) is 12.9. The van der Waals surface area contributed by atoms with Crippen LogP contribution in [0.4, 0.5) is 4.39 Å². The molecule has 4 heteroatoms. The normalized spacial score (nSPS) is 11.8. The Morgan fingerprint density at radius 2 is 2.05 bits per heavy atom. The molecule has 3 nitrogen and oxygen atoms in total. The van der Waals surface area contributed by atoms with E-state index in [-0.39, 0.29) is 11.2 Å². The fourth-order valence-corrected chi connectivity index (χ4v) is 2.31. The summed E-state index contributed by atoms with van der Waals surface area (Å²) < 4.78 is 13.4. The molecule has 0 radical (unpaired) electrons. The number of benzene rings is 1. The van der Waals surface area contributed by atoms with E-state index >= 15 is 0 Å². The molecule has 0 fully saturated rings. The van der Waals surface area contributed by atoms with Gasteiger partial charge in [0.2, 0.25) is 0 Å². The monoisotopic (exact) mass is 295 g/mol. The van der Waals surface area contributed by atoms with Crippen LogP contribution in [0, 0.1) is 11.2 Å². The Morgan fingerprint density at radius 3 is 2.73 bits per heavy atom. The standard InChI is InChI=1S/C18H18FN3/c1-11(18(2,3)4)14-9-20-17-16(14)22-15(10-21-17)12-6-5-7-13(19)8-12/h5-10H,1H2,2-4H3,(H,20,21). The van der Waals surface area contributed by atoms with Crippen LogP contribution in [0.1, 0.15) is 26.3 Å². The minimum atomic E-state index is -0.284. The number of rotatable bonds is 2. The van der Waals surface area contributed by atoms with Crippen molar-refractivity contribution in [2.75, 3.05) is 0 Å². The van der Waals surface area contributed by atoms with Crippen molar-refractivity contribution in [3.05, 3.63) is 54.6 Å². The fourth-order valence-electron chi connectivity index (χ4n) is 2.31. The highest BCUT2D eigenvalue weighted by Gasteiger charge is 2.20. The van der Waals surface area contributed by atoms with Crippen LogP contribution in [0.25, 0.3) is 28.0 Å². The summed E-state index contributed by atoms with van der Waals surface area (Å²) in [7, 11) is 0. The van der Waals surface area contributed by atoms with E-state index in [4.69, 9.17) is 0 Å². The molecule has 112 valence electrons. The van der Waals surface area contributed by atoms with Gasteiger partial charge in [-0.05, 0) is 23.1 Å². The van der Waals surface area contributed by atoms with E-state index < -0.39 is 0 Å². The Morgan fingerprint density at radius 1 is 1.27 bits per heavy atom. The molecule has 2 heterocycles. The van der Waals surface area contributed by atoms with Gasteiger partial charge in [-0.25, -0.2) is 14.4 Å². The fraction of sp³-hybridized carbons (Fsp3) is 0.222. The third-order valence-corrected chi connectivity index (χ3v) is 3.73. The lowest BCUT2D eigenvalue weighted by atomic mass is 9.84. The van der Waals surface area contributed by atoms with E-state index in [1.54, 1.807) is 12.3 Å². The first-order chi connectivity index (χ1) is 10.4. The Balaban J connectivity index is 2.15. The number of H-pyrrole nitrogens is 1. The Bertz CT molecular complexity index is 856. The van der Waals surface area contributed by atoms with Crippen LogP contribution in [0.5, 0.6) is 0 Å². The Kier molecular flexibility index (Phi) is 3.32. The number of nitrogens with zero attached hydrogens (tertiary/aromatic N) is 2. The predicted octanol–water partition coefficient (Wildman–Crippen LogP) is 4.82. The second kappa shape index (κ2) is 5.05. The number of allylic oxidation sites excluding steroid dienone is 1. The second-order valence-electron chi connectivity index (χ2n) is 6.39. The van der Waals surface area contributed by atoms with Gasteiger partial charge in [-0.2, -0.15) is 0 Å². The van der Waals surface area contributed by atoms with E-state index in [2.05, 4.69) is 42.3 Å². The number of aromatic amines is 1. The number of aromatic nitrogens is 3. The number of halogens is 1. The molecule has 3 aromatic rings. The van der Waals surface area contributed by atoms with Crippen LogP contribution in [-0.2, 0) is 0 Å². The smallest absolute Gasteiger partial charge is 0.156 e. The van der Waals surface area contributed by atoms with E-state index in [1.807, 2.05) is 12.3 Å². The first kappa shape index (κ1) is 14.4. The highest BCUT2D eigenvalue weighted by atomic mass is 19.1. The molecule has 0 saturated carbocycles. The lowest BCUT2D eigenvalue weighted by Crippen LogP contribution is -2.07. The van der Waals surface area contributed by atoms with Crippen molar-refractivity contribution in [3.63, 3.8) is 0 Å². The summed E-state index contributed by atoms with van der Waals surface area (Å²) in [5.74, 6) is -0.284. The van der Waals surface area contributed by atoms with Crippen LogP contribution in [0.2, 0.25) is 0 Å². The van der Waals surface area contributed by atoms with E-state index in [0.29, 0.717) is 16.9 Å². The number of hydrogen-bond acceptors (Lipinski definition) is 2. The molecule has 0 spiro atoms. The summed E-state index contributed by atoms with van der Waals surface area (Å²) in [6, 6.07) is 6.37. The molecule has 0 aliphatic rings. The van der Waals surface area contributed by atoms with Crippen LogP contribution in [0.15, 0.2) is 43.2 Å². The number of fused-ring (bicyclic) bond motifs is 1. The maximum Gasteiger partial charge on any atom is 0.156 e. The van der Waals surface area contributed by atoms with Crippen LogP contribution in [0.3, 0.4) is 0 Å². The van der Waals surface area contributed by atoms with Gasteiger partial charge in [0.25, 0.3) is 0 Å². The van der Waals surface area contributed by atoms with Crippen molar-refractivity contribution >= 4 is 16.7 Å². The van der Waals surface area contributed by atoms with Gasteiger partial charge in [-0.3, -0.25) is 0 Å². The summed E-state index contributed by atoms with van der Waals surface area (Å²) in [6.07, 6.45) is 3.53. The second-order valence-corrected chi connectivity index (χ2v) is 6.39. The summed E-state index contributed by atoms with van der Waals surface area (Å²) >= 11 is 0. The van der Waals surface area contributed by atoms with Crippen LogP contribution < -0.4 is 0 Å². The first-order valence-corrected chi connectivity index (χ1v) is 7.16. The largest absolute Gasteiger partial charge is 0.344 e. The van der Waals surface area contributed by atoms with E-state index in [0.717, 1.165) is 16.7 Å². The third-order valence-electron chi connectivity index (χ3n) is 3.73. The summed E-state index contributed by atoms with van der Waals surface area (Å²) in [6.45, 7) is 10.5. The van der Waals surface area contributed by atoms with Gasteiger partial charge < -0.3 is 4.98 Å². The van der Waals surface area contributed by atoms with E-state index in [9.17, 15) is 4.39 Å². The zero-order chi connectivity index (χ0) is 15.9. The lowest BCUT2D eigenvalue weighted by Gasteiger charge is -2.21. The third kappa shape index (κ3) is 2.52. The molecular formula is C18H18FN3. The van der Waals surface area contributed by atoms with Crippen molar-refractivity contribution in [3.8, 4) is 11.3 Å². The molecule has 1 N–H and O–H groups in total. The van der Waals surface area contributed by atoms with E-state index in [1.165, 1.54) is 12.1 Å². The molecule has 0 aliphatic heterocycles. The first-order valence-electron chi connectivity index (χ1n) is 7.16. The summed E-state index contributed by atoms with van der Waals surface area (Å²) in [5, 5.41) is 0. The highest BCUT2D eigenvalue weighted by molar-refractivity contribution is 5.89. The van der Waals surface area contributed by atoms with Gasteiger partial charge in [0, 0.05) is 17.3 Å².